The number of hydrogen-bond acceptors (Lipinski definition) is 4. The van der Waals surface area contributed by atoms with Gasteiger partial charge >= 0.3 is 0 Å². The minimum atomic E-state index is -0.184. The number of likely N-dealkylation sites (N-methyl/N-ethyl adjacent to an activating group) is 1. The average molecular weight is 382 g/mol. The van der Waals surface area contributed by atoms with Crippen LogP contribution in [0.2, 0.25) is 0 Å². The molecule has 1 atom stereocenters. The van der Waals surface area contributed by atoms with E-state index in [1.54, 1.807) is 17.0 Å². The van der Waals surface area contributed by atoms with Crippen molar-refractivity contribution in [1.82, 2.24) is 10.2 Å². The second-order valence-electron chi connectivity index (χ2n) is 6.66. The summed E-state index contributed by atoms with van der Waals surface area (Å²) < 4.78 is 11.7. The Morgan fingerprint density at radius 3 is 2.54 bits per heavy atom. The lowest BCUT2D eigenvalue weighted by Crippen LogP contribution is -2.43. The molecule has 0 saturated heterocycles. The third-order valence-corrected chi connectivity index (χ3v) is 4.61. The molecule has 6 heteroatoms. The monoisotopic (exact) mass is 382 g/mol. The first-order valence-corrected chi connectivity index (χ1v) is 9.67. The van der Waals surface area contributed by atoms with Crippen molar-refractivity contribution in [2.24, 2.45) is 0 Å². The highest BCUT2D eigenvalue weighted by atomic mass is 16.6. The lowest BCUT2D eigenvalue weighted by molar-refractivity contribution is -0.132. The SMILES string of the molecule is CCN(CC1COc2ccccc2O1)C(=O)CCCNC(=O)c1ccccc1. The number of carbonyl (C=O) groups is 2. The highest BCUT2D eigenvalue weighted by Gasteiger charge is 2.24. The maximum Gasteiger partial charge on any atom is 0.251 e. The number of carbonyl (C=O) groups excluding carboxylic acids is 2. The summed E-state index contributed by atoms with van der Waals surface area (Å²) in [6.07, 6.45) is 0.794. The maximum absolute atomic E-state index is 12.5. The van der Waals surface area contributed by atoms with Crippen LogP contribution in [0.3, 0.4) is 0 Å². The molecule has 0 saturated carbocycles. The summed E-state index contributed by atoms with van der Waals surface area (Å²) in [5, 5.41) is 2.85. The molecule has 1 N–H and O–H groups in total. The van der Waals surface area contributed by atoms with E-state index >= 15 is 0 Å². The van der Waals surface area contributed by atoms with Gasteiger partial charge in [-0.3, -0.25) is 9.59 Å². The molecule has 2 aromatic rings. The van der Waals surface area contributed by atoms with Gasteiger partial charge in [-0.25, -0.2) is 0 Å². The van der Waals surface area contributed by atoms with Crippen LogP contribution in [0.1, 0.15) is 30.1 Å². The van der Waals surface area contributed by atoms with E-state index in [9.17, 15) is 9.59 Å². The molecule has 1 heterocycles. The molecule has 0 radical (unpaired) electrons. The number of nitrogens with zero attached hydrogens (tertiary/aromatic N) is 1. The van der Waals surface area contributed by atoms with Gasteiger partial charge in [0.15, 0.2) is 17.6 Å². The molecule has 1 aliphatic rings. The first kappa shape index (κ1) is 19.7. The van der Waals surface area contributed by atoms with E-state index in [4.69, 9.17) is 9.47 Å². The van der Waals surface area contributed by atoms with Gasteiger partial charge in [0.05, 0.1) is 6.54 Å². The fourth-order valence-corrected chi connectivity index (χ4v) is 3.10. The van der Waals surface area contributed by atoms with Crippen molar-refractivity contribution in [3.63, 3.8) is 0 Å². The zero-order chi connectivity index (χ0) is 19.8. The highest BCUT2D eigenvalue weighted by molar-refractivity contribution is 5.94. The molecule has 0 bridgehead atoms. The number of nitrogens with one attached hydrogen (secondary N) is 1. The van der Waals surface area contributed by atoms with Gasteiger partial charge in [0, 0.05) is 25.1 Å². The van der Waals surface area contributed by atoms with Crippen LogP contribution in [-0.4, -0.2) is 49.1 Å². The molecule has 1 unspecified atom stereocenters. The summed E-state index contributed by atoms with van der Waals surface area (Å²) in [6.45, 7) is 3.94. The summed E-state index contributed by atoms with van der Waals surface area (Å²) in [4.78, 5) is 26.3. The summed E-state index contributed by atoms with van der Waals surface area (Å²) in [6, 6.07) is 16.6. The zero-order valence-electron chi connectivity index (χ0n) is 16.1. The number of benzene rings is 2. The van der Waals surface area contributed by atoms with E-state index in [0.29, 0.717) is 50.4 Å². The van der Waals surface area contributed by atoms with Crippen LogP contribution in [0.4, 0.5) is 0 Å². The Bertz CT molecular complexity index is 794. The lowest BCUT2D eigenvalue weighted by Gasteiger charge is -2.31. The normalized spacial score (nSPS) is 15.0. The predicted molar refractivity (Wildman–Crippen MR) is 107 cm³/mol. The smallest absolute Gasteiger partial charge is 0.251 e. The first-order valence-electron chi connectivity index (χ1n) is 9.67. The number of hydrogen-bond donors (Lipinski definition) is 1. The summed E-state index contributed by atoms with van der Waals surface area (Å²) in [7, 11) is 0. The third kappa shape index (κ3) is 5.25. The van der Waals surface area contributed by atoms with E-state index < -0.39 is 0 Å². The molecule has 148 valence electrons. The van der Waals surface area contributed by atoms with E-state index in [2.05, 4.69) is 5.32 Å². The summed E-state index contributed by atoms with van der Waals surface area (Å²) in [5.74, 6) is 1.39. The molecule has 28 heavy (non-hydrogen) atoms. The molecule has 2 aromatic carbocycles. The van der Waals surface area contributed by atoms with Gasteiger partial charge in [0.25, 0.3) is 5.91 Å². The molecule has 3 rings (SSSR count). The minimum Gasteiger partial charge on any atom is -0.486 e. The van der Waals surface area contributed by atoms with Crippen LogP contribution in [0, 0.1) is 0 Å². The van der Waals surface area contributed by atoms with Crippen LogP contribution in [0.15, 0.2) is 54.6 Å². The van der Waals surface area contributed by atoms with Crippen LogP contribution in [-0.2, 0) is 4.79 Å². The minimum absolute atomic E-state index is 0.0546. The Kier molecular flexibility index (Phi) is 6.89. The van der Waals surface area contributed by atoms with Gasteiger partial charge in [-0.2, -0.15) is 0 Å². The van der Waals surface area contributed by atoms with Crippen molar-refractivity contribution in [2.45, 2.75) is 25.9 Å². The largest absolute Gasteiger partial charge is 0.486 e. The molecule has 0 aliphatic carbocycles. The second-order valence-corrected chi connectivity index (χ2v) is 6.66. The Morgan fingerprint density at radius 1 is 1.07 bits per heavy atom. The van der Waals surface area contributed by atoms with E-state index in [-0.39, 0.29) is 17.9 Å². The van der Waals surface area contributed by atoms with E-state index in [0.717, 1.165) is 5.75 Å². The van der Waals surface area contributed by atoms with Crippen molar-refractivity contribution < 1.29 is 19.1 Å². The van der Waals surface area contributed by atoms with Gasteiger partial charge in [0.1, 0.15) is 6.61 Å². The van der Waals surface area contributed by atoms with Crippen LogP contribution >= 0.6 is 0 Å². The molecule has 1 aliphatic heterocycles. The van der Waals surface area contributed by atoms with Crippen LogP contribution in [0.5, 0.6) is 11.5 Å². The number of ether oxygens (including phenoxy) is 2. The average Bonchev–Trinajstić information content (AvgIpc) is 2.75. The van der Waals surface area contributed by atoms with Crippen molar-refractivity contribution in [2.75, 3.05) is 26.2 Å². The quantitative estimate of drug-likeness (QED) is 0.713. The molecule has 2 amide bonds. The summed E-state index contributed by atoms with van der Waals surface area (Å²) >= 11 is 0. The van der Waals surface area contributed by atoms with Crippen molar-refractivity contribution in [3.8, 4) is 11.5 Å². The summed E-state index contributed by atoms with van der Waals surface area (Å²) in [5.41, 5.74) is 0.624. The van der Waals surface area contributed by atoms with Gasteiger partial charge in [0.2, 0.25) is 5.91 Å². The van der Waals surface area contributed by atoms with Crippen molar-refractivity contribution in [1.29, 1.82) is 0 Å². The van der Waals surface area contributed by atoms with Gasteiger partial charge in [-0.15, -0.1) is 0 Å². The lowest BCUT2D eigenvalue weighted by atomic mass is 10.2. The number of amides is 2. The molecule has 6 nitrogen and oxygen atoms in total. The molecule has 0 fully saturated rings. The highest BCUT2D eigenvalue weighted by Crippen LogP contribution is 2.31. The maximum atomic E-state index is 12.5. The fourth-order valence-electron chi connectivity index (χ4n) is 3.10. The van der Waals surface area contributed by atoms with E-state index in [1.165, 1.54) is 0 Å². The first-order chi connectivity index (χ1) is 13.7. The number of rotatable bonds is 8. The number of fused-ring (bicyclic) bond motifs is 1. The van der Waals surface area contributed by atoms with Gasteiger partial charge in [-0.1, -0.05) is 30.3 Å². The van der Waals surface area contributed by atoms with E-state index in [1.807, 2.05) is 49.4 Å². The topological polar surface area (TPSA) is 67.9 Å². The Labute approximate surface area is 165 Å². The molecular weight excluding hydrogens is 356 g/mol. The zero-order valence-corrected chi connectivity index (χ0v) is 16.1. The fraction of sp³-hybridized carbons (Fsp3) is 0.364. The predicted octanol–water partition coefficient (Wildman–Crippen LogP) is 2.89. The second kappa shape index (κ2) is 9.78. The molecule has 0 spiro atoms. The van der Waals surface area contributed by atoms with Crippen LogP contribution in [0.25, 0.3) is 0 Å². The number of para-hydroxylation sites is 2. The van der Waals surface area contributed by atoms with Crippen molar-refractivity contribution >= 4 is 11.8 Å². The third-order valence-electron chi connectivity index (χ3n) is 4.61. The van der Waals surface area contributed by atoms with Crippen molar-refractivity contribution in [3.05, 3.63) is 60.2 Å². The Morgan fingerprint density at radius 2 is 1.79 bits per heavy atom. The molecular formula is C22H26N2O4. The van der Waals surface area contributed by atoms with Gasteiger partial charge in [-0.05, 0) is 37.6 Å². The standard InChI is InChI=1S/C22H26N2O4/c1-2-24(15-18-16-27-19-11-6-7-12-20(19)28-18)21(25)13-8-14-23-22(26)17-9-4-3-5-10-17/h3-7,9-12,18H,2,8,13-16H2,1H3,(H,23,26). The Balaban J connectivity index is 1.41. The van der Waals surface area contributed by atoms with Crippen LogP contribution < -0.4 is 14.8 Å². The van der Waals surface area contributed by atoms with Gasteiger partial charge < -0.3 is 19.7 Å². The Hall–Kier alpha value is -3.02. The molecule has 0 aromatic heterocycles.